The highest BCUT2D eigenvalue weighted by atomic mass is 35.5. The van der Waals surface area contributed by atoms with Gasteiger partial charge in [-0.05, 0) is 44.0 Å². The highest BCUT2D eigenvalue weighted by Gasteiger charge is 2.11. The predicted molar refractivity (Wildman–Crippen MR) is 91.1 cm³/mol. The van der Waals surface area contributed by atoms with Crippen molar-refractivity contribution in [2.75, 3.05) is 0 Å². The lowest BCUT2D eigenvalue weighted by Crippen LogP contribution is -1.92. The molecule has 0 aliphatic carbocycles. The summed E-state index contributed by atoms with van der Waals surface area (Å²) in [6, 6.07) is 10.4. The van der Waals surface area contributed by atoms with Gasteiger partial charge in [-0.25, -0.2) is 9.97 Å². The van der Waals surface area contributed by atoms with E-state index in [-0.39, 0.29) is 0 Å². The van der Waals surface area contributed by atoms with E-state index < -0.39 is 0 Å². The highest BCUT2D eigenvalue weighted by Crippen LogP contribution is 2.30. The van der Waals surface area contributed by atoms with Crippen LogP contribution in [0.2, 0.25) is 5.15 Å². The number of aryl methyl sites for hydroxylation is 2. The molecule has 0 aliphatic rings. The molecule has 3 rings (SSSR count). The number of halogens is 1. The van der Waals surface area contributed by atoms with Crippen LogP contribution in [0.25, 0.3) is 11.0 Å². The summed E-state index contributed by atoms with van der Waals surface area (Å²) in [5.74, 6) is 0. The Kier molecular flexibility index (Phi) is 5.26. The van der Waals surface area contributed by atoms with Gasteiger partial charge in [-0.2, -0.15) is 0 Å². The average molecular weight is 320 g/mol. The SMILES string of the molecule is CC.Cc1ccc(Sn2c(C)cc3c(Cl)ncnc32)cc1. The molecule has 5 heteroatoms. The fourth-order valence-electron chi connectivity index (χ4n) is 1.91. The van der Waals surface area contributed by atoms with Gasteiger partial charge >= 0.3 is 0 Å². The van der Waals surface area contributed by atoms with Crippen LogP contribution in [0.1, 0.15) is 25.1 Å². The molecule has 0 saturated carbocycles. The lowest BCUT2D eigenvalue weighted by Gasteiger charge is -2.06. The minimum atomic E-state index is 0.497. The van der Waals surface area contributed by atoms with Gasteiger partial charge in [0.15, 0.2) is 5.65 Å². The average Bonchev–Trinajstić information content (AvgIpc) is 2.82. The largest absolute Gasteiger partial charge is 0.268 e. The smallest absolute Gasteiger partial charge is 0.155 e. The second kappa shape index (κ2) is 6.96. The summed E-state index contributed by atoms with van der Waals surface area (Å²) in [5, 5.41) is 1.39. The van der Waals surface area contributed by atoms with Crippen molar-refractivity contribution in [2.45, 2.75) is 32.6 Å². The number of hydrogen-bond donors (Lipinski definition) is 0. The first-order chi connectivity index (χ1) is 10.1. The van der Waals surface area contributed by atoms with Crippen molar-refractivity contribution in [3.63, 3.8) is 0 Å². The van der Waals surface area contributed by atoms with Crippen LogP contribution in [0.5, 0.6) is 0 Å². The highest BCUT2D eigenvalue weighted by molar-refractivity contribution is 7.98. The molecule has 0 unspecified atom stereocenters. The van der Waals surface area contributed by atoms with Crippen LogP contribution in [0.15, 0.2) is 41.6 Å². The molecular formula is C16H18ClN3S. The molecule has 0 saturated heterocycles. The van der Waals surface area contributed by atoms with Crippen LogP contribution < -0.4 is 0 Å². The summed E-state index contributed by atoms with van der Waals surface area (Å²) in [7, 11) is 0. The number of hydrogen-bond acceptors (Lipinski definition) is 3. The van der Waals surface area contributed by atoms with Crippen LogP contribution in [-0.4, -0.2) is 13.9 Å². The zero-order valence-electron chi connectivity index (χ0n) is 12.6. The third kappa shape index (κ3) is 3.39. The van der Waals surface area contributed by atoms with E-state index in [2.05, 4.69) is 45.1 Å². The first kappa shape index (κ1) is 15.9. The molecule has 0 N–H and O–H groups in total. The number of aromatic nitrogens is 3. The Morgan fingerprint density at radius 2 is 1.71 bits per heavy atom. The van der Waals surface area contributed by atoms with Crippen LogP contribution >= 0.6 is 23.5 Å². The normalized spacial score (nSPS) is 10.3. The van der Waals surface area contributed by atoms with E-state index in [1.165, 1.54) is 16.8 Å². The van der Waals surface area contributed by atoms with Gasteiger partial charge in [-0.3, -0.25) is 3.97 Å². The Bertz CT molecular complexity index is 735. The fourth-order valence-corrected chi connectivity index (χ4v) is 2.99. The van der Waals surface area contributed by atoms with Crippen LogP contribution in [-0.2, 0) is 0 Å². The van der Waals surface area contributed by atoms with Crippen molar-refractivity contribution >= 4 is 34.6 Å². The number of nitrogens with zero attached hydrogens (tertiary/aromatic N) is 3. The molecule has 0 fully saturated rings. The van der Waals surface area contributed by atoms with E-state index in [0.29, 0.717) is 5.15 Å². The van der Waals surface area contributed by atoms with Gasteiger partial charge in [-0.15, -0.1) is 0 Å². The van der Waals surface area contributed by atoms with Gasteiger partial charge in [0.05, 0.1) is 5.39 Å². The van der Waals surface area contributed by atoms with Crippen LogP contribution in [0.4, 0.5) is 0 Å². The van der Waals surface area contributed by atoms with E-state index in [4.69, 9.17) is 11.6 Å². The van der Waals surface area contributed by atoms with Crippen molar-refractivity contribution in [2.24, 2.45) is 0 Å². The van der Waals surface area contributed by atoms with Crippen molar-refractivity contribution < 1.29 is 0 Å². The van der Waals surface area contributed by atoms with E-state index >= 15 is 0 Å². The third-order valence-corrected chi connectivity index (χ3v) is 4.33. The standard InChI is InChI=1S/C14H12ClN3S.C2H6/c1-9-3-5-11(6-4-9)19-18-10(2)7-12-13(15)16-8-17-14(12)18;1-2/h3-8H,1-2H3;1-2H3. The lowest BCUT2D eigenvalue weighted by atomic mass is 10.2. The zero-order valence-corrected chi connectivity index (χ0v) is 14.2. The summed E-state index contributed by atoms with van der Waals surface area (Å²) in [6.45, 7) is 8.12. The maximum atomic E-state index is 6.09. The number of rotatable bonds is 2. The summed E-state index contributed by atoms with van der Waals surface area (Å²) >= 11 is 7.73. The molecule has 3 aromatic rings. The number of fused-ring (bicyclic) bond motifs is 1. The minimum Gasteiger partial charge on any atom is -0.268 e. The quantitative estimate of drug-likeness (QED) is 0.602. The Hall–Kier alpha value is -1.52. The summed E-state index contributed by atoms with van der Waals surface area (Å²) < 4.78 is 2.08. The van der Waals surface area contributed by atoms with E-state index in [9.17, 15) is 0 Å². The predicted octanol–water partition coefficient (Wildman–Crippen LogP) is 5.28. The van der Waals surface area contributed by atoms with E-state index in [0.717, 1.165) is 16.7 Å². The molecule has 2 heterocycles. The Morgan fingerprint density at radius 3 is 2.38 bits per heavy atom. The molecular weight excluding hydrogens is 302 g/mol. The maximum absolute atomic E-state index is 6.09. The summed E-state index contributed by atoms with van der Waals surface area (Å²) in [4.78, 5) is 9.50. The molecule has 0 spiro atoms. The summed E-state index contributed by atoms with van der Waals surface area (Å²) in [6.07, 6.45) is 1.50. The van der Waals surface area contributed by atoms with Crippen molar-refractivity contribution in [1.82, 2.24) is 13.9 Å². The molecule has 1 aromatic carbocycles. The first-order valence-electron chi connectivity index (χ1n) is 6.89. The molecule has 21 heavy (non-hydrogen) atoms. The fraction of sp³-hybridized carbons (Fsp3) is 0.250. The van der Waals surface area contributed by atoms with Gasteiger partial charge in [0.25, 0.3) is 0 Å². The van der Waals surface area contributed by atoms with Gasteiger partial charge in [0.1, 0.15) is 11.5 Å². The lowest BCUT2D eigenvalue weighted by molar-refractivity contribution is 1.14. The molecule has 2 aromatic heterocycles. The Morgan fingerprint density at radius 1 is 1.05 bits per heavy atom. The monoisotopic (exact) mass is 319 g/mol. The van der Waals surface area contributed by atoms with Crippen molar-refractivity contribution in [3.8, 4) is 0 Å². The Balaban J connectivity index is 0.000000774. The van der Waals surface area contributed by atoms with Crippen molar-refractivity contribution in [1.29, 1.82) is 0 Å². The van der Waals surface area contributed by atoms with Gasteiger partial charge in [-0.1, -0.05) is 43.1 Å². The first-order valence-corrected chi connectivity index (χ1v) is 8.04. The molecule has 3 nitrogen and oxygen atoms in total. The van der Waals surface area contributed by atoms with Crippen LogP contribution in [0, 0.1) is 13.8 Å². The van der Waals surface area contributed by atoms with Crippen molar-refractivity contribution in [3.05, 3.63) is 53.1 Å². The topological polar surface area (TPSA) is 30.7 Å². The van der Waals surface area contributed by atoms with Gasteiger partial charge in [0.2, 0.25) is 0 Å². The molecule has 0 aliphatic heterocycles. The van der Waals surface area contributed by atoms with E-state index in [1.807, 2.05) is 26.8 Å². The van der Waals surface area contributed by atoms with E-state index in [1.54, 1.807) is 11.9 Å². The second-order valence-electron chi connectivity index (χ2n) is 4.39. The minimum absolute atomic E-state index is 0.497. The van der Waals surface area contributed by atoms with Gasteiger partial charge < -0.3 is 0 Å². The molecule has 110 valence electrons. The Labute approximate surface area is 134 Å². The molecule has 0 amide bonds. The number of benzene rings is 1. The van der Waals surface area contributed by atoms with Crippen LogP contribution in [0.3, 0.4) is 0 Å². The zero-order chi connectivity index (χ0) is 15.4. The third-order valence-electron chi connectivity index (χ3n) is 2.90. The molecule has 0 bridgehead atoms. The summed E-state index contributed by atoms with van der Waals surface area (Å²) in [5.41, 5.74) is 3.20. The van der Waals surface area contributed by atoms with Gasteiger partial charge in [0, 0.05) is 10.6 Å². The maximum Gasteiger partial charge on any atom is 0.155 e. The molecule has 0 radical (unpaired) electrons. The second-order valence-corrected chi connectivity index (χ2v) is 5.76. The molecule has 0 atom stereocenters.